The van der Waals surface area contributed by atoms with Gasteiger partial charge in [-0.05, 0) is 59.9 Å². The molecule has 110 valence electrons. The van der Waals surface area contributed by atoms with Crippen molar-refractivity contribution in [2.24, 2.45) is 11.8 Å². The molecule has 0 aromatic carbocycles. The maximum atomic E-state index is 4.54. The van der Waals surface area contributed by atoms with Gasteiger partial charge in [0.2, 0.25) is 0 Å². The van der Waals surface area contributed by atoms with E-state index in [-0.39, 0.29) is 0 Å². The molecule has 1 aromatic heterocycles. The normalized spacial score (nSPS) is 18.1. The lowest BCUT2D eigenvalue weighted by molar-refractivity contribution is 0.669. The topological polar surface area (TPSA) is 41.1 Å². The zero-order valence-electron chi connectivity index (χ0n) is 12.1. The summed E-state index contributed by atoms with van der Waals surface area (Å²) in [5.74, 6) is 3.75. The van der Waals surface area contributed by atoms with Gasteiger partial charge >= 0.3 is 0 Å². The van der Waals surface area contributed by atoms with E-state index < -0.39 is 0 Å². The first kappa shape index (κ1) is 14.1. The van der Waals surface area contributed by atoms with Crippen LogP contribution in [-0.4, -0.2) is 29.6 Å². The summed E-state index contributed by atoms with van der Waals surface area (Å²) in [7, 11) is 0. The average molecular weight is 339 g/mol. The third-order valence-electron chi connectivity index (χ3n) is 3.96. The maximum absolute atomic E-state index is 4.54. The predicted molar refractivity (Wildman–Crippen MR) is 86.2 cm³/mol. The number of rotatable bonds is 8. The highest BCUT2D eigenvalue weighted by atomic mass is 79.9. The Morgan fingerprint density at radius 1 is 1.20 bits per heavy atom. The van der Waals surface area contributed by atoms with Gasteiger partial charge < -0.3 is 10.2 Å². The monoisotopic (exact) mass is 338 g/mol. The summed E-state index contributed by atoms with van der Waals surface area (Å²) in [4.78, 5) is 11.4. The number of hydrogen-bond acceptors (Lipinski definition) is 4. The van der Waals surface area contributed by atoms with Crippen LogP contribution >= 0.6 is 15.9 Å². The molecule has 1 aromatic rings. The molecule has 0 unspecified atom stereocenters. The largest absolute Gasteiger partial charge is 0.369 e. The maximum Gasteiger partial charge on any atom is 0.148 e. The van der Waals surface area contributed by atoms with Crippen LogP contribution in [0.2, 0.25) is 0 Å². The van der Waals surface area contributed by atoms with E-state index in [0.29, 0.717) is 0 Å². The molecule has 5 heteroatoms. The van der Waals surface area contributed by atoms with Crippen LogP contribution < -0.4 is 10.2 Å². The van der Waals surface area contributed by atoms with Gasteiger partial charge in [0, 0.05) is 19.6 Å². The number of nitrogens with one attached hydrogen (secondary N) is 1. The molecule has 0 radical (unpaired) electrons. The Morgan fingerprint density at radius 3 is 2.40 bits per heavy atom. The third-order valence-corrected chi connectivity index (χ3v) is 4.69. The van der Waals surface area contributed by atoms with Gasteiger partial charge in [-0.3, -0.25) is 0 Å². The predicted octanol–water partition coefficient (Wildman–Crippen LogP) is 3.69. The van der Waals surface area contributed by atoms with Gasteiger partial charge in [0.05, 0.1) is 0 Å². The third kappa shape index (κ3) is 3.62. The van der Waals surface area contributed by atoms with Crippen LogP contribution in [0.1, 0.15) is 39.0 Å². The molecule has 1 N–H and O–H groups in total. The molecule has 0 saturated heterocycles. The van der Waals surface area contributed by atoms with Crippen LogP contribution in [0.5, 0.6) is 0 Å². The highest BCUT2D eigenvalue weighted by molar-refractivity contribution is 9.10. The van der Waals surface area contributed by atoms with Gasteiger partial charge in [-0.15, -0.1) is 0 Å². The van der Waals surface area contributed by atoms with Crippen molar-refractivity contribution >= 4 is 27.6 Å². The van der Waals surface area contributed by atoms with Crippen LogP contribution in [-0.2, 0) is 0 Å². The number of anilines is 2. The fraction of sp³-hybridized carbons (Fsp3) is 0.733. The second-order valence-electron chi connectivity index (χ2n) is 6.08. The van der Waals surface area contributed by atoms with E-state index in [0.717, 1.165) is 54.0 Å². The quantitative estimate of drug-likeness (QED) is 0.784. The summed E-state index contributed by atoms with van der Waals surface area (Å²) < 4.78 is 1.02. The van der Waals surface area contributed by atoms with Crippen molar-refractivity contribution in [3.05, 3.63) is 10.8 Å². The van der Waals surface area contributed by atoms with Crippen LogP contribution in [0, 0.1) is 11.8 Å². The van der Waals surface area contributed by atoms with E-state index in [9.17, 15) is 0 Å². The highest BCUT2D eigenvalue weighted by Gasteiger charge is 2.31. The van der Waals surface area contributed by atoms with Crippen LogP contribution in [0.25, 0.3) is 0 Å². The molecule has 0 amide bonds. The van der Waals surface area contributed by atoms with E-state index in [2.05, 4.69) is 43.0 Å². The molecular weight excluding hydrogens is 316 g/mol. The minimum atomic E-state index is 0.877. The number of halogens is 1. The summed E-state index contributed by atoms with van der Waals surface area (Å²) in [6.07, 6.45) is 8.30. The first-order valence-electron chi connectivity index (χ1n) is 7.77. The van der Waals surface area contributed by atoms with Gasteiger partial charge in [-0.25, -0.2) is 9.97 Å². The fourth-order valence-corrected chi connectivity index (χ4v) is 3.02. The first-order valence-corrected chi connectivity index (χ1v) is 8.56. The molecular formula is C15H23BrN4. The SMILES string of the molecule is CCCNc1ncnc(N(CC2CC2)CC2CC2)c1Br. The van der Waals surface area contributed by atoms with Crippen molar-refractivity contribution in [3.63, 3.8) is 0 Å². The molecule has 0 spiro atoms. The molecule has 1 heterocycles. The lowest BCUT2D eigenvalue weighted by atomic mass is 10.3. The minimum Gasteiger partial charge on any atom is -0.369 e. The van der Waals surface area contributed by atoms with E-state index in [1.54, 1.807) is 6.33 Å². The average Bonchev–Trinajstić information content (AvgIpc) is 3.32. The van der Waals surface area contributed by atoms with Crippen molar-refractivity contribution in [1.29, 1.82) is 0 Å². The Kier molecular flexibility index (Phi) is 4.44. The van der Waals surface area contributed by atoms with Crippen molar-refractivity contribution < 1.29 is 0 Å². The van der Waals surface area contributed by atoms with Crippen molar-refractivity contribution in [2.45, 2.75) is 39.0 Å². The molecule has 3 rings (SSSR count). The van der Waals surface area contributed by atoms with Gasteiger partial charge in [0.25, 0.3) is 0 Å². The fourth-order valence-electron chi connectivity index (χ4n) is 2.42. The summed E-state index contributed by atoms with van der Waals surface area (Å²) in [5, 5.41) is 3.37. The number of hydrogen-bond donors (Lipinski definition) is 1. The smallest absolute Gasteiger partial charge is 0.148 e. The lowest BCUT2D eigenvalue weighted by Crippen LogP contribution is -2.29. The summed E-state index contributed by atoms with van der Waals surface area (Å²) in [5.41, 5.74) is 0. The Morgan fingerprint density at radius 2 is 1.85 bits per heavy atom. The molecule has 4 nitrogen and oxygen atoms in total. The van der Waals surface area contributed by atoms with Gasteiger partial charge in [-0.2, -0.15) is 0 Å². The van der Waals surface area contributed by atoms with E-state index >= 15 is 0 Å². The number of nitrogens with zero attached hydrogens (tertiary/aromatic N) is 3. The van der Waals surface area contributed by atoms with Crippen molar-refractivity contribution in [1.82, 2.24) is 9.97 Å². The van der Waals surface area contributed by atoms with Crippen LogP contribution in [0.3, 0.4) is 0 Å². The van der Waals surface area contributed by atoms with Crippen LogP contribution in [0.15, 0.2) is 10.8 Å². The van der Waals surface area contributed by atoms with Crippen molar-refractivity contribution in [2.75, 3.05) is 29.9 Å². The van der Waals surface area contributed by atoms with Gasteiger partial charge in [0.1, 0.15) is 22.4 Å². The molecule has 0 bridgehead atoms. The summed E-state index contributed by atoms with van der Waals surface area (Å²) in [6.45, 7) is 5.41. The second kappa shape index (κ2) is 6.29. The Balaban J connectivity index is 1.76. The summed E-state index contributed by atoms with van der Waals surface area (Å²) >= 11 is 3.70. The Hall–Kier alpha value is -0.840. The van der Waals surface area contributed by atoms with E-state index in [1.807, 2.05) is 0 Å². The zero-order valence-corrected chi connectivity index (χ0v) is 13.7. The number of aromatic nitrogens is 2. The molecule has 2 aliphatic carbocycles. The van der Waals surface area contributed by atoms with E-state index in [1.165, 1.54) is 25.7 Å². The molecule has 2 saturated carbocycles. The van der Waals surface area contributed by atoms with Crippen molar-refractivity contribution in [3.8, 4) is 0 Å². The minimum absolute atomic E-state index is 0.877. The Bertz CT molecular complexity index is 443. The molecule has 20 heavy (non-hydrogen) atoms. The zero-order chi connectivity index (χ0) is 13.9. The first-order chi connectivity index (χ1) is 9.78. The standard InChI is InChI=1S/C15H23BrN4/c1-2-7-17-14-13(16)15(19-10-18-14)20(8-11-3-4-11)9-12-5-6-12/h10-12H,2-9H2,1H3,(H,17,18,19). The molecule has 2 aliphatic rings. The van der Waals surface area contributed by atoms with Crippen LogP contribution in [0.4, 0.5) is 11.6 Å². The molecule has 0 aliphatic heterocycles. The second-order valence-corrected chi connectivity index (χ2v) is 6.87. The van der Waals surface area contributed by atoms with Gasteiger partial charge in [0.15, 0.2) is 0 Å². The molecule has 0 atom stereocenters. The van der Waals surface area contributed by atoms with E-state index in [4.69, 9.17) is 0 Å². The summed E-state index contributed by atoms with van der Waals surface area (Å²) in [6, 6.07) is 0. The van der Waals surface area contributed by atoms with Gasteiger partial charge in [-0.1, -0.05) is 6.92 Å². The molecule has 2 fully saturated rings. The lowest BCUT2D eigenvalue weighted by Gasteiger charge is -2.25. The highest BCUT2D eigenvalue weighted by Crippen LogP contribution is 2.38. The Labute approximate surface area is 129 Å².